The monoisotopic (exact) mass is 337 g/mol. The van der Waals surface area contributed by atoms with Gasteiger partial charge in [-0.3, -0.25) is 0 Å². The van der Waals surface area contributed by atoms with Crippen molar-refractivity contribution in [1.82, 2.24) is 5.32 Å². The highest BCUT2D eigenvalue weighted by molar-refractivity contribution is 9.11. The highest BCUT2D eigenvalue weighted by atomic mass is 79.9. The summed E-state index contributed by atoms with van der Waals surface area (Å²) in [5, 5.41) is 3.43. The van der Waals surface area contributed by atoms with Crippen LogP contribution in [0, 0.1) is 6.92 Å². The summed E-state index contributed by atoms with van der Waals surface area (Å²) in [4.78, 5) is 1.43. The molecule has 0 aliphatic carbocycles. The maximum Gasteiger partial charge on any atom is 0.0731 e. The number of benzene rings is 1. The largest absolute Gasteiger partial charge is 0.312 e. The molecule has 1 atom stereocenters. The van der Waals surface area contributed by atoms with Gasteiger partial charge in [0, 0.05) is 10.9 Å². The second kappa shape index (κ2) is 7.22. The molecule has 1 unspecified atom stereocenters. The molecular formula is C16H20BrNS. The molecule has 0 saturated carbocycles. The van der Waals surface area contributed by atoms with Crippen LogP contribution in [-0.2, 0) is 6.42 Å². The molecule has 1 aromatic heterocycles. The molecule has 0 amide bonds. The third-order valence-electron chi connectivity index (χ3n) is 3.37. The minimum atomic E-state index is 0.471. The first-order chi connectivity index (χ1) is 9.20. The van der Waals surface area contributed by atoms with Crippen LogP contribution in [0.1, 0.15) is 34.9 Å². The first kappa shape index (κ1) is 14.8. The number of nitrogens with one attached hydrogen (secondary N) is 1. The predicted molar refractivity (Wildman–Crippen MR) is 87.9 cm³/mol. The number of hydrogen-bond acceptors (Lipinski definition) is 2. The lowest BCUT2D eigenvalue weighted by Gasteiger charge is -2.14. The van der Waals surface area contributed by atoms with Crippen LogP contribution in [0.25, 0.3) is 0 Å². The van der Waals surface area contributed by atoms with Gasteiger partial charge in [-0.1, -0.05) is 30.3 Å². The van der Waals surface area contributed by atoms with Crippen molar-refractivity contribution in [3.63, 3.8) is 0 Å². The van der Waals surface area contributed by atoms with Gasteiger partial charge in [0.1, 0.15) is 0 Å². The van der Waals surface area contributed by atoms with E-state index in [1.807, 2.05) is 11.3 Å². The van der Waals surface area contributed by atoms with Crippen molar-refractivity contribution in [2.45, 2.75) is 32.2 Å². The lowest BCUT2D eigenvalue weighted by atomic mass is 10.0. The van der Waals surface area contributed by atoms with E-state index in [-0.39, 0.29) is 0 Å². The van der Waals surface area contributed by atoms with E-state index >= 15 is 0 Å². The Bertz CT molecular complexity index is 487. The summed E-state index contributed by atoms with van der Waals surface area (Å²) >= 11 is 5.46. The average Bonchev–Trinajstić information content (AvgIpc) is 2.76. The summed E-state index contributed by atoms with van der Waals surface area (Å²) in [6.07, 6.45) is 3.55. The Morgan fingerprint density at radius 2 is 2.00 bits per heavy atom. The van der Waals surface area contributed by atoms with E-state index in [1.165, 1.54) is 32.6 Å². The van der Waals surface area contributed by atoms with E-state index in [1.54, 1.807) is 0 Å². The van der Waals surface area contributed by atoms with Crippen molar-refractivity contribution in [2.75, 3.05) is 7.05 Å². The summed E-state index contributed by atoms with van der Waals surface area (Å²) in [5.41, 5.74) is 2.77. The normalized spacial score (nSPS) is 12.6. The Labute approximate surface area is 128 Å². The summed E-state index contributed by atoms with van der Waals surface area (Å²) in [7, 11) is 2.05. The second-order valence-corrected chi connectivity index (χ2v) is 7.23. The Kier molecular flexibility index (Phi) is 5.61. The van der Waals surface area contributed by atoms with E-state index in [0.29, 0.717) is 6.04 Å². The van der Waals surface area contributed by atoms with Crippen molar-refractivity contribution in [3.8, 4) is 0 Å². The van der Waals surface area contributed by atoms with Gasteiger partial charge in [-0.25, -0.2) is 0 Å². The lowest BCUT2D eigenvalue weighted by molar-refractivity contribution is 0.534. The minimum absolute atomic E-state index is 0.471. The zero-order valence-electron chi connectivity index (χ0n) is 11.4. The van der Waals surface area contributed by atoms with Crippen molar-refractivity contribution < 1.29 is 0 Å². The van der Waals surface area contributed by atoms with Crippen LogP contribution in [0.3, 0.4) is 0 Å². The molecule has 102 valence electrons. The Morgan fingerprint density at radius 1 is 1.26 bits per heavy atom. The molecule has 19 heavy (non-hydrogen) atoms. The molecule has 0 radical (unpaired) electrons. The smallest absolute Gasteiger partial charge is 0.0731 e. The maximum absolute atomic E-state index is 3.61. The molecule has 0 spiro atoms. The Hall–Kier alpha value is -0.640. The fourth-order valence-electron chi connectivity index (χ4n) is 2.24. The summed E-state index contributed by atoms with van der Waals surface area (Å²) in [6, 6.07) is 13.5. The zero-order chi connectivity index (χ0) is 13.7. The van der Waals surface area contributed by atoms with Crippen LogP contribution in [0.4, 0.5) is 0 Å². The van der Waals surface area contributed by atoms with E-state index in [4.69, 9.17) is 0 Å². The molecule has 3 heteroatoms. The molecule has 2 aromatic rings. The topological polar surface area (TPSA) is 12.0 Å². The number of rotatable bonds is 6. The molecule has 0 saturated heterocycles. The predicted octanol–water partition coefficient (Wildman–Crippen LogP) is 5.10. The van der Waals surface area contributed by atoms with E-state index in [9.17, 15) is 0 Å². The van der Waals surface area contributed by atoms with Gasteiger partial charge in [0.15, 0.2) is 0 Å². The SMILES string of the molecule is CNC(CCCc1ccccc1)c1cc(C)c(Br)s1. The second-order valence-electron chi connectivity index (χ2n) is 4.82. The molecule has 2 rings (SSSR count). The van der Waals surface area contributed by atoms with Crippen LogP contribution in [0.5, 0.6) is 0 Å². The standard InChI is InChI=1S/C16H20BrNS/c1-12-11-15(19-16(12)17)14(18-2)10-6-9-13-7-4-3-5-8-13/h3-5,7-8,11,14,18H,6,9-10H2,1-2H3. The molecule has 1 aromatic carbocycles. The van der Waals surface area contributed by atoms with Gasteiger partial charge in [0.2, 0.25) is 0 Å². The third kappa shape index (κ3) is 4.16. The van der Waals surface area contributed by atoms with Crippen LogP contribution in [0.15, 0.2) is 40.2 Å². The van der Waals surface area contributed by atoms with Crippen molar-refractivity contribution in [2.24, 2.45) is 0 Å². The molecule has 0 fully saturated rings. The third-order valence-corrected chi connectivity index (χ3v) is 5.62. The fraction of sp³-hybridized carbons (Fsp3) is 0.375. The molecule has 0 aliphatic heterocycles. The van der Waals surface area contributed by atoms with Gasteiger partial charge >= 0.3 is 0 Å². The Balaban J connectivity index is 1.89. The number of thiophene rings is 1. The van der Waals surface area contributed by atoms with Crippen molar-refractivity contribution in [3.05, 3.63) is 56.2 Å². The van der Waals surface area contributed by atoms with Crippen LogP contribution in [0.2, 0.25) is 0 Å². The van der Waals surface area contributed by atoms with Gasteiger partial charge < -0.3 is 5.32 Å². The van der Waals surface area contributed by atoms with Crippen LogP contribution in [-0.4, -0.2) is 7.05 Å². The molecule has 0 bridgehead atoms. The first-order valence-corrected chi connectivity index (χ1v) is 8.28. The lowest BCUT2D eigenvalue weighted by Crippen LogP contribution is -2.15. The molecule has 1 nitrogen and oxygen atoms in total. The molecule has 1 heterocycles. The van der Waals surface area contributed by atoms with Gasteiger partial charge in [0.25, 0.3) is 0 Å². The fourth-order valence-corrected chi connectivity index (χ4v) is 3.95. The highest BCUT2D eigenvalue weighted by Gasteiger charge is 2.13. The minimum Gasteiger partial charge on any atom is -0.312 e. The molecular weight excluding hydrogens is 318 g/mol. The number of hydrogen-bond donors (Lipinski definition) is 1. The van der Waals surface area contributed by atoms with E-state index < -0.39 is 0 Å². The summed E-state index contributed by atoms with van der Waals surface area (Å²) in [6.45, 7) is 2.15. The van der Waals surface area contributed by atoms with Crippen molar-refractivity contribution >= 4 is 27.3 Å². The average molecular weight is 338 g/mol. The zero-order valence-corrected chi connectivity index (χ0v) is 13.9. The van der Waals surface area contributed by atoms with Gasteiger partial charge in [-0.05, 0) is 66.4 Å². The molecule has 0 aliphatic rings. The van der Waals surface area contributed by atoms with Gasteiger partial charge in [-0.15, -0.1) is 11.3 Å². The first-order valence-electron chi connectivity index (χ1n) is 6.67. The van der Waals surface area contributed by atoms with E-state index in [2.05, 4.69) is 71.6 Å². The summed E-state index contributed by atoms with van der Waals surface area (Å²) < 4.78 is 1.26. The number of halogens is 1. The maximum atomic E-state index is 3.61. The van der Waals surface area contributed by atoms with Crippen molar-refractivity contribution in [1.29, 1.82) is 0 Å². The van der Waals surface area contributed by atoms with Crippen LogP contribution >= 0.6 is 27.3 Å². The van der Waals surface area contributed by atoms with E-state index in [0.717, 1.165) is 6.42 Å². The Morgan fingerprint density at radius 3 is 2.58 bits per heavy atom. The quantitative estimate of drug-likeness (QED) is 0.772. The number of aryl methyl sites for hydroxylation is 2. The van der Waals surface area contributed by atoms with Gasteiger partial charge in [0.05, 0.1) is 3.79 Å². The van der Waals surface area contributed by atoms with Crippen LogP contribution < -0.4 is 5.32 Å². The highest BCUT2D eigenvalue weighted by Crippen LogP contribution is 2.33. The van der Waals surface area contributed by atoms with Gasteiger partial charge in [-0.2, -0.15) is 0 Å². The summed E-state index contributed by atoms with van der Waals surface area (Å²) in [5.74, 6) is 0. The molecule has 1 N–H and O–H groups in total.